The molecular weight excluding hydrogens is 306 g/mol. The minimum Gasteiger partial charge on any atom is -0.377 e. The lowest BCUT2D eigenvalue weighted by Crippen LogP contribution is -2.49. The van der Waals surface area contributed by atoms with Gasteiger partial charge in [-0.25, -0.2) is 9.67 Å². The Bertz CT molecular complexity index is 547. The third-order valence-electron chi connectivity index (χ3n) is 3.81. The van der Waals surface area contributed by atoms with E-state index in [9.17, 15) is 0 Å². The summed E-state index contributed by atoms with van der Waals surface area (Å²) >= 11 is 0. The van der Waals surface area contributed by atoms with Crippen LogP contribution in [0.5, 0.6) is 0 Å². The van der Waals surface area contributed by atoms with Crippen LogP contribution in [0.3, 0.4) is 0 Å². The Morgan fingerprint density at radius 2 is 2.17 bits per heavy atom. The molecule has 1 atom stereocenters. The average molecular weight is 337 g/mol. The first-order valence-electron chi connectivity index (χ1n) is 8.55. The van der Waals surface area contributed by atoms with Gasteiger partial charge in [-0.2, -0.15) is 5.10 Å². The van der Waals surface area contributed by atoms with Crippen molar-refractivity contribution in [3.63, 3.8) is 0 Å². The summed E-state index contributed by atoms with van der Waals surface area (Å²) in [6, 6.07) is 0.302. The van der Waals surface area contributed by atoms with Gasteiger partial charge < -0.3 is 20.7 Å². The van der Waals surface area contributed by atoms with Gasteiger partial charge in [0.2, 0.25) is 0 Å². The van der Waals surface area contributed by atoms with Crippen LogP contribution in [-0.2, 0) is 24.3 Å². The molecule has 0 saturated carbocycles. The fraction of sp³-hybridized carbons (Fsp3) is 0.812. The van der Waals surface area contributed by atoms with Gasteiger partial charge >= 0.3 is 0 Å². The number of guanidine groups is 1. The van der Waals surface area contributed by atoms with Crippen molar-refractivity contribution in [1.82, 2.24) is 30.7 Å². The van der Waals surface area contributed by atoms with Gasteiger partial charge in [-0.15, -0.1) is 0 Å². The monoisotopic (exact) mass is 337 g/mol. The van der Waals surface area contributed by atoms with Crippen LogP contribution >= 0.6 is 0 Å². The van der Waals surface area contributed by atoms with Crippen LogP contribution < -0.4 is 16.0 Å². The van der Waals surface area contributed by atoms with E-state index in [2.05, 4.69) is 51.8 Å². The van der Waals surface area contributed by atoms with E-state index in [0.29, 0.717) is 12.6 Å². The van der Waals surface area contributed by atoms with Crippen molar-refractivity contribution in [2.75, 3.05) is 27.2 Å². The summed E-state index contributed by atoms with van der Waals surface area (Å²) < 4.78 is 7.08. The van der Waals surface area contributed by atoms with E-state index in [4.69, 9.17) is 4.74 Å². The maximum Gasteiger partial charge on any atom is 0.191 e. The van der Waals surface area contributed by atoms with Gasteiger partial charge in [0.15, 0.2) is 11.8 Å². The third-order valence-corrected chi connectivity index (χ3v) is 3.81. The van der Waals surface area contributed by atoms with Gasteiger partial charge in [0.05, 0.1) is 6.54 Å². The normalized spacial score (nSPS) is 18.4. The SMILES string of the molecule is CN=C(NCCNC(C)(C)C)NC1CCc2nc(COC)nn2C1. The Morgan fingerprint density at radius 1 is 1.38 bits per heavy atom. The molecule has 1 aliphatic heterocycles. The highest BCUT2D eigenvalue weighted by molar-refractivity contribution is 5.79. The maximum atomic E-state index is 5.10. The van der Waals surface area contributed by atoms with E-state index in [-0.39, 0.29) is 5.54 Å². The number of ether oxygens (including phenoxy) is 1. The van der Waals surface area contributed by atoms with Gasteiger partial charge in [-0.1, -0.05) is 0 Å². The number of methoxy groups -OCH3 is 1. The first-order chi connectivity index (χ1) is 11.4. The first kappa shape index (κ1) is 18.7. The molecule has 0 amide bonds. The number of aromatic nitrogens is 3. The highest BCUT2D eigenvalue weighted by Crippen LogP contribution is 2.13. The number of aliphatic imine (C=N–C) groups is 1. The molecule has 0 aromatic carbocycles. The van der Waals surface area contributed by atoms with Crippen LogP contribution in [0.2, 0.25) is 0 Å². The zero-order chi connectivity index (χ0) is 17.6. The molecule has 0 radical (unpaired) electrons. The molecule has 3 N–H and O–H groups in total. The first-order valence-corrected chi connectivity index (χ1v) is 8.55. The smallest absolute Gasteiger partial charge is 0.191 e. The summed E-state index contributed by atoms with van der Waals surface area (Å²) in [6.07, 6.45) is 1.93. The Hall–Kier alpha value is -1.67. The van der Waals surface area contributed by atoms with Gasteiger partial charge in [0, 0.05) is 45.2 Å². The fourth-order valence-corrected chi connectivity index (χ4v) is 2.68. The number of rotatable bonds is 6. The number of fused-ring (bicyclic) bond motifs is 1. The molecule has 0 bridgehead atoms. The highest BCUT2D eigenvalue weighted by Gasteiger charge is 2.22. The predicted octanol–water partition coefficient (Wildman–Crippen LogP) is 0.292. The van der Waals surface area contributed by atoms with Gasteiger partial charge in [0.25, 0.3) is 0 Å². The van der Waals surface area contributed by atoms with Gasteiger partial charge in [-0.3, -0.25) is 4.99 Å². The van der Waals surface area contributed by atoms with E-state index in [0.717, 1.165) is 50.1 Å². The zero-order valence-electron chi connectivity index (χ0n) is 15.5. The van der Waals surface area contributed by atoms with Crippen molar-refractivity contribution in [1.29, 1.82) is 0 Å². The van der Waals surface area contributed by atoms with E-state index in [1.54, 1.807) is 14.2 Å². The molecule has 0 saturated heterocycles. The molecule has 0 aliphatic carbocycles. The lowest BCUT2D eigenvalue weighted by atomic mass is 10.1. The van der Waals surface area contributed by atoms with Crippen LogP contribution in [0.25, 0.3) is 0 Å². The minimum absolute atomic E-state index is 0.130. The number of hydrogen-bond donors (Lipinski definition) is 3. The topological polar surface area (TPSA) is 88.4 Å². The fourth-order valence-electron chi connectivity index (χ4n) is 2.68. The lowest BCUT2D eigenvalue weighted by molar-refractivity contribution is 0.177. The second-order valence-electron chi connectivity index (χ2n) is 7.12. The van der Waals surface area contributed by atoms with Crippen LogP contribution in [0.15, 0.2) is 4.99 Å². The number of aryl methyl sites for hydroxylation is 1. The second kappa shape index (κ2) is 8.43. The van der Waals surface area contributed by atoms with Crippen molar-refractivity contribution in [2.45, 2.75) is 58.3 Å². The summed E-state index contributed by atoms with van der Waals surface area (Å²) in [5.74, 6) is 2.62. The van der Waals surface area contributed by atoms with E-state index in [1.807, 2.05) is 4.68 Å². The molecule has 0 fully saturated rings. The molecule has 2 heterocycles. The molecule has 136 valence electrons. The highest BCUT2D eigenvalue weighted by atomic mass is 16.5. The van der Waals surface area contributed by atoms with Crippen LogP contribution in [0, 0.1) is 0 Å². The standard InChI is InChI=1S/C16H31N7O/c1-16(2,3)19-9-8-18-15(17-4)20-12-6-7-14-21-13(11-24-5)22-23(14)10-12/h12,19H,6-11H2,1-5H3,(H2,17,18,20). The summed E-state index contributed by atoms with van der Waals surface area (Å²) in [5, 5.41) is 14.8. The molecule has 2 rings (SSSR count). The quantitative estimate of drug-likeness (QED) is 0.393. The van der Waals surface area contributed by atoms with E-state index in [1.165, 1.54) is 0 Å². The molecule has 8 nitrogen and oxygen atoms in total. The van der Waals surface area contributed by atoms with Crippen molar-refractivity contribution in [2.24, 2.45) is 4.99 Å². The van der Waals surface area contributed by atoms with E-state index < -0.39 is 0 Å². The number of hydrogen-bond acceptors (Lipinski definition) is 5. The number of nitrogens with zero attached hydrogens (tertiary/aromatic N) is 4. The number of nitrogens with one attached hydrogen (secondary N) is 3. The van der Waals surface area contributed by atoms with Gasteiger partial charge in [-0.05, 0) is 27.2 Å². The summed E-state index contributed by atoms with van der Waals surface area (Å²) in [4.78, 5) is 8.81. The van der Waals surface area contributed by atoms with Crippen LogP contribution in [0.4, 0.5) is 0 Å². The Kier molecular flexibility index (Phi) is 6.56. The molecule has 1 aliphatic rings. The van der Waals surface area contributed by atoms with Crippen LogP contribution in [-0.4, -0.2) is 59.6 Å². The van der Waals surface area contributed by atoms with Crippen molar-refractivity contribution in [3.05, 3.63) is 11.6 Å². The second-order valence-corrected chi connectivity index (χ2v) is 7.12. The average Bonchev–Trinajstić information content (AvgIpc) is 2.91. The molecule has 1 aromatic heterocycles. The Balaban J connectivity index is 1.79. The van der Waals surface area contributed by atoms with Crippen LogP contribution in [0.1, 0.15) is 38.8 Å². The molecule has 1 unspecified atom stereocenters. The molecule has 24 heavy (non-hydrogen) atoms. The minimum atomic E-state index is 0.130. The van der Waals surface area contributed by atoms with E-state index >= 15 is 0 Å². The van der Waals surface area contributed by atoms with Crippen molar-refractivity contribution >= 4 is 5.96 Å². The summed E-state index contributed by atoms with van der Waals surface area (Å²) in [6.45, 7) is 9.47. The maximum absolute atomic E-state index is 5.10. The largest absolute Gasteiger partial charge is 0.377 e. The zero-order valence-corrected chi connectivity index (χ0v) is 15.5. The Labute approximate surface area is 144 Å². The Morgan fingerprint density at radius 3 is 2.83 bits per heavy atom. The van der Waals surface area contributed by atoms with Crippen molar-refractivity contribution in [3.8, 4) is 0 Å². The summed E-state index contributed by atoms with van der Waals surface area (Å²) in [7, 11) is 3.46. The van der Waals surface area contributed by atoms with Crippen molar-refractivity contribution < 1.29 is 4.74 Å². The lowest BCUT2D eigenvalue weighted by Gasteiger charge is -2.26. The third kappa shape index (κ3) is 5.76. The molecular formula is C16H31N7O. The molecule has 1 aromatic rings. The predicted molar refractivity (Wildman–Crippen MR) is 95.1 cm³/mol. The molecule has 0 spiro atoms. The van der Waals surface area contributed by atoms with Gasteiger partial charge in [0.1, 0.15) is 12.4 Å². The summed E-state index contributed by atoms with van der Waals surface area (Å²) in [5.41, 5.74) is 0.130. The molecule has 8 heteroatoms.